The molecule has 2 aromatic carbocycles. The number of benzene rings is 2. The number of carbonyl (C=O) groups excluding carboxylic acids is 2. The Morgan fingerprint density at radius 3 is 2.41 bits per heavy atom. The van der Waals surface area contributed by atoms with Gasteiger partial charge >= 0.3 is 12.0 Å². The van der Waals surface area contributed by atoms with Gasteiger partial charge in [0.2, 0.25) is 0 Å². The number of methoxy groups -OCH3 is 2. The number of anilines is 2. The number of aromatic nitrogens is 4. The van der Waals surface area contributed by atoms with Crippen LogP contribution < -0.4 is 20.1 Å². The topological polar surface area (TPSA) is 153 Å². The minimum absolute atomic E-state index is 0.108. The molecule has 2 amide bonds. The van der Waals surface area contributed by atoms with E-state index in [9.17, 15) is 9.59 Å². The van der Waals surface area contributed by atoms with Gasteiger partial charge < -0.3 is 29.0 Å². The van der Waals surface area contributed by atoms with Crippen LogP contribution >= 0.6 is 0 Å². The number of urea groups is 1. The van der Waals surface area contributed by atoms with Crippen LogP contribution in [0.25, 0.3) is 22.2 Å². The SMILES string of the molecule is COC(=O)c1cc2c(Oc3ccc(NC(=O)Nc4[nH]c(C(C)(C)C)nc4-c4c(C)noc4C)cc3F)ccnc2cc1OC. The van der Waals surface area contributed by atoms with Gasteiger partial charge in [0.05, 0.1) is 31.0 Å². The van der Waals surface area contributed by atoms with E-state index in [1.165, 1.54) is 38.6 Å². The summed E-state index contributed by atoms with van der Waals surface area (Å²) in [5, 5.41) is 9.85. The van der Waals surface area contributed by atoms with Crippen molar-refractivity contribution in [1.29, 1.82) is 0 Å². The fourth-order valence-electron chi connectivity index (χ4n) is 4.55. The van der Waals surface area contributed by atoms with Gasteiger partial charge in [0.15, 0.2) is 11.6 Å². The van der Waals surface area contributed by atoms with E-state index in [1.807, 2.05) is 20.8 Å². The highest BCUT2D eigenvalue weighted by atomic mass is 19.1. The van der Waals surface area contributed by atoms with E-state index in [0.29, 0.717) is 45.3 Å². The maximum Gasteiger partial charge on any atom is 0.341 e. The Morgan fingerprint density at radius 1 is 1.00 bits per heavy atom. The molecular weight excluding hydrogens is 571 g/mol. The maximum absolute atomic E-state index is 15.2. The summed E-state index contributed by atoms with van der Waals surface area (Å²) in [6.45, 7) is 9.52. The predicted molar refractivity (Wildman–Crippen MR) is 161 cm³/mol. The summed E-state index contributed by atoms with van der Waals surface area (Å²) in [6.07, 6.45) is 1.49. The number of H-pyrrole nitrogens is 1. The lowest BCUT2D eigenvalue weighted by Crippen LogP contribution is -2.20. The molecule has 0 bridgehead atoms. The van der Waals surface area contributed by atoms with Crippen LogP contribution in [-0.4, -0.2) is 46.3 Å². The Balaban J connectivity index is 1.37. The number of aromatic amines is 1. The molecule has 0 saturated heterocycles. The van der Waals surface area contributed by atoms with Crippen molar-refractivity contribution < 1.29 is 32.7 Å². The summed E-state index contributed by atoms with van der Waals surface area (Å²) >= 11 is 0. The van der Waals surface area contributed by atoms with E-state index < -0.39 is 17.8 Å². The molecule has 228 valence electrons. The summed E-state index contributed by atoms with van der Waals surface area (Å²) in [5.74, 6) is 0.620. The van der Waals surface area contributed by atoms with E-state index in [0.717, 1.165) is 6.07 Å². The number of esters is 1. The zero-order valence-electron chi connectivity index (χ0n) is 25.2. The Morgan fingerprint density at radius 2 is 1.77 bits per heavy atom. The van der Waals surface area contributed by atoms with E-state index in [2.05, 4.69) is 25.8 Å². The van der Waals surface area contributed by atoms with Crippen LogP contribution in [0.5, 0.6) is 17.2 Å². The molecule has 3 N–H and O–H groups in total. The number of halogens is 1. The third-order valence-electron chi connectivity index (χ3n) is 6.76. The minimum atomic E-state index is -0.734. The lowest BCUT2D eigenvalue weighted by atomic mass is 9.96. The maximum atomic E-state index is 15.2. The number of pyridine rings is 1. The first-order chi connectivity index (χ1) is 20.9. The summed E-state index contributed by atoms with van der Waals surface area (Å²) in [7, 11) is 2.68. The molecule has 13 heteroatoms. The van der Waals surface area contributed by atoms with Gasteiger partial charge in [0, 0.05) is 34.8 Å². The van der Waals surface area contributed by atoms with E-state index in [-0.39, 0.29) is 33.9 Å². The summed E-state index contributed by atoms with van der Waals surface area (Å²) in [5.41, 5.74) is 2.24. The molecule has 12 nitrogen and oxygen atoms in total. The van der Waals surface area contributed by atoms with Crippen LogP contribution in [0.1, 0.15) is 48.4 Å². The second kappa shape index (κ2) is 11.7. The second-order valence-electron chi connectivity index (χ2n) is 11.0. The summed E-state index contributed by atoms with van der Waals surface area (Å²) in [6, 6.07) is 8.00. The number of ether oxygens (including phenoxy) is 3. The summed E-state index contributed by atoms with van der Waals surface area (Å²) < 4.78 is 36.5. The molecule has 0 aliphatic rings. The lowest BCUT2D eigenvalue weighted by molar-refractivity contribution is 0.0597. The number of hydrogen-bond donors (Lipinski definition) is 3. The van der Waals surface area contributed by atoms with Gasteiger partial charge in [-0.2, -0.15) is 0 Å². The van der Waals surface area contributed by atoms with Crippen LogP contribution in [0.4, 0.5) is 20.7 Å². The highest BCUT2D eigenvalue weighted by Gasteiger charge is 2.26. The number of imidazole rings is 1. The predicted octanol–water partition coefficient (Wildman–Crippen LogP) is 6.90. The Bertz CT molecular complexity index is 1870. The standard InChI is InChI=1S/C31H31FN6O6/c1-15-25(16(2)44-38-15)26-27(36-29(35-26)31(3,4)5)37-30(40)34-17-8-9-23(20(32)12-17)43-22-10-11-33-21-14-24(41-6)19(13-18(21)22)28(39)42-7/h8-14H,1-7H3,(H,35,36)(H2,34,37,40). The molecule has 0 unspecified atom stereocenters. The first kappa shape index (κ1) is 30.0. The number of carbonyl (C=O) groups is 2. The van der Waals surface area contributed by atoms with Crippen molar-refractivity contribution in [3.8, 4) is 28.5 Å². The quantitative estimate of drug-likeness (QED) is 0.169. The van der Waals surface area contributed by atoms with Crippen LogP contribution in [0, 0.1) is 19.7 Å². The first-order valence-corrected chi connectivity index (χ1v) is 13.5. The van der Waals surface area contributed by atoms with Gasteiger partial charge in [-0.05, 0) is 38.1 Å². The van der Waals surface area contributed by atoms with Crippen molar-refractivity contribution in [2.45, 2.75) is 40.0 Å². The van der Waals surface area contributed by atoms with Gasteiger partial charge in [-0.15, -0.1) is 0 Å². The van der Waals surface area contributed by atoms with Gasteiger partial charge in [-0.3, -0.25) is 10.3 Å². The smallest absolute Gasteiger partial charge is 0.341 e. The average Bonchev–Trinajstić information content (AvgIpc) is 3.54. The van der Waals surface area contributed by atoms with Crippen molar-refractivity contribution >= 4 is 34.4 Å². The van der Waals surface area contributed by atoms with Crippen LogP contribution in [0.15, 0.2) is 47.1 Å². The highest BCUT2D eigenvalue weighted by molar-refractivity contribution is 6.01. The van der Waals surface area contributed by atoms with Gasteiger partial charge in [-0.1, -0.05) is 25.9 Å². The third-order valence-corrected chi connectivity index (χ3v) is 6.76. The van der Waals surface area contributed by atoms with E-state index in [1.54, 1.807) is 26.0 Å². The molecule has 0 fully saturated rings. The molecule has 5 rings (SSSR count). The first-order valence-electron chi connectivity index (χ1n) is 13.5. The third kappa shape index (κ3) is 5.89. The summed E-state index contributed by atoms with van der Waals surface area (Å²) in [4.78, 5) is 37.5. The molecule has 0 saturated carbocycles. The monoisotopic (exact) mass is 602 g/mol. The second-order valence-corrected chi connectivity index (χ2v) is 11.0. The van der Waals surface area contributed by atoms with Crippen LogP contribution in [0.2, 0.25) is 0 Å². The largest absolute Gasteiger partial charge is 0.496 e. The minimum Gasteiger partial charge on any atom is -0.496 e. The van der Waals surface area contributed by atoms with Gasteiger partial charge in [0.1, 0.15) is 40.2 Å². The number of rotatable bonds is 7. The molecule has 0 aliphatic carbocycles. The number of nitrogens with one attached hydrogen (secondary N) is 3. The van der Waals surface area contributed by atoms with Crippen molar-refractivity contribution in [2.24, 2.45) is 0 Å². The molecule has 0 spiro atoms. The van der Waals surface area contributed by atoms with Crippen molar-refractivity contribution in [3.63, 3.8) is 0 Å². The zero-order chi connectivity index (χ0) is 31.8. The van der Waals surface area contributed by atoms with Gasteiger partial charge in [0.25, 0.3) is 0 Å². The zero-order valence-corrected chi connectivity index (χ0v) is 25.2. The molecule has 0 aliphatic heterocycles. The Kier molecular flexibility index (Phi) is 7.96. The molecular formula is C31H31FN6O6. The Hall–Kier alpha value is -5.46. The number of fused-ring (bicyclic) bond motifs is 1. The van der Waals surface area contributed by atoms with Crippen LogP contribution in [-0.2, 0) is 10.2 Å². The Labute approximate surface area is 251 Å². The number of aryl methyl sites for hydroxylation is 2. The average molecular weight is 603 g/mol. The van der Waals surface area contributed by atoms with Crippen molar-refractivity contribution in [2.75, 3.05) is 24.9 Å². The van der Waals surface area contributed by atoms with Crippen molar-refractivity contribution in [3.05, 3.63) is 71.3 Å². The molecule has 0 radical (unpaired) electrons. The van der Waals surface area contributed by atoms with Gasteiger partial charge in [-0.25, -0.2) is 19.0 Å². The molecule has 3 aromatic heterocycles. The number of nitrogens with zero attached hydrogens (tertiary/aromatic N) is 3. The highest BCUT2D eigenvalue weighted by Crippen LogP contribution is 2.36. The fourth-order valence-corrected chi connectivity index (χ4v) is 4.55. The van der Waals surface area contributed by atoms with Crippen molar-refractivity contribution in [1.82, 2.24) is 20.1 Å². The van der Waals surface area contributed by atoms with E-state index >= 15 is 4.39 Å². The number of hydrogen-bond acceptors (Lipinski definition) is 9. The molecule has 5 aromatic rings. The number of amides is 2. The molecule has 3 heterocycles. The fraction of sp³-hybridized carbons (Fsp3) is 0.258. The molecule has 44 heavy (non-hydrogen) atoms. The van der Waals surface area contributed by atoms with E-state index in [4.69, 9.17) is 23.7 Å². The lowest BCUT2D eigenvalue weighted by Gasteiger charge is -2.14. The van der Waals surface area contributed by atoms with Crippen LogP contribution in [0.3, 0.4) is 0 Å². The normalized spacial score (nSPS) is 11.4. The molecule has 0 atom stereocenters.